The molecular weight excluding hydrogens is 372 g/mol. The lowest BCUT2D eigenvalue weighted by atomic mass is 9.78. The first-order valence-corrected chi connectivity index (χ1v) is 10.1. The van der Waals surface area contributed by atoms with E-state index < -0.39 is 6.10 Å². The topological polar surface area (TPSA) is 73.3 Å². The van der Waals surface area contributed by atoms with Gasteiger partial charge in [-0.05, 0) is 42.9 Å². The maximum absolute atomic E-state index is 10.7. The monoisotopic (exact) mass is 398 g/mol. The number of aliphatic hydroxyl groups is 1. The van der Waals surface area contributed by atoms with Crippen LogP contribution in [-0.2, 0) is 6.54 Å². The second-order valence-corrected chi connectivity index (χ2v) is 8.10. The molecule has 3 aliphatic rings. The van der Waals surface area contributed by atoms with Gasteiger partial charge in [0.15, 0.2) is 11.5 Å². The Hall–Kier alpha value is -2.51. The van der Waals surface area contributed by atoms with E-state index >= 15 is 0 Å². The van der Waals surface area contributed by atoms with Gasteiger partial charge in [0.05, 0.1) is 13.2 Å². The van der Waals surface area contributed by atoms with Crippen LogP contribution < -0.4 is 18.9 Å². The number of aliphatic hydroxyl groups excluding tert-OH is 1. The molecule has 7 heteroatoms. The third-order valence-electron chi connectivity index (χ3n) is 6.23. The fourth-order valence-corrected chi connectivity index (χ4v) is 4.84. The lowest BCUT2D eigenvalue weighted by Gasteiger charge is -2.35. The van der Waals surface area contributed by atoms with Gasteiger partial charge in [0.25, 0.3) is 0 Å². The van der Waals surface area contributed by atoms with Crippen LogP contribution in [0.5, 0.6) is 23.1 Å². The molecule has 0 spiro atoms. The van der Waals surface area contributed by atoms with Crippen molar-refractivity contribution < 1.29 is 24.1 Å². The van der Waals surface area contributed by atoms with Crippen molar-refractivity contribution in [2.45, 2.75) is 31.6 Å². The summed E-state index contributed by atoms with van der Waals surface area (Å²) in [6.07, 6.45) is 2.70. The van der Waals surface area contributed by atoms with Crippen LogP contribution >= 0.6 is 0 Å². The smallest absolute Gasteiger partial charge is 0.231 e. The molecular formula is C22H26N2O5. The number of hydrogen-bond donors (Lipinski definition) is 1. The minimum atomic E-state index is -0.463. The molecule has 2 aromatic rings. The molecule has 1 aliphatic carbocycles. The van der Waals surface area contributed by atoms with Crippen LogP contribution in [0.2, 0.25) is 0 Å². The molecule has 5 rings (SSSR count). The fraction of sp³-hybridized carbons (Fsp3) is 0.500. The Bertz CT molecular complexity index is 876. The first kappa shape index (κ1) is 18.5. The highest BCUT2D eigenvalue weighted by molar-refractivity contribution is 5.47. The van der Waals surface area contributed by atoms with Gasteiger partial charge in [0.2, 0.25) is 12.7 Å². The van der Waals surface area contributed by atoms with Crippen LogP contribution in [0, 0.1) is 11.8 Å². The molecule has 0 radical (unpaired) electrons. The van der Waals surface area contributed by atoms with E-state index in [1.54, 1.807) is 13.3 Å². The van der Waals surface area contributed by atoms with E-state index in [9.17, 15) is 5.11 Å². The predicted octanol–water partition coefficient (Wildman–Crippen LogP) is 2.47. The number of benzene rings is 1. The normalized spacial score (nSPS) is 28.2. The molecule has 7 nitrogen and oxygen atoms in total. The molecule has 0 amide bonds. The van der Waals surface area contributed by atoms with Crippen LogP contribution in [0.25, 0.3) is 0 Å². The number of methoxy groups -OCH3 is 1. The van der Waals surface area contributed by atoms with E-state index in [1.807, 2.05) is 24.3 Å². The maximum atomic E-state index is 10.7. The molecule has 3 heterocycles. The van der Waals surface area contributed by atoms with Gasteiger partial charge >= 0.3 is 0 Å². The lowest BCUT2D eigenvalue weighted by molar-refractivity contribution is -0.0232. The van der Waals surface area contributed by atoms with E-state index in [4.69, 9.17) is 18.9 Å². The van der Waals surface area contributed by atoms with Crippen LogP contribution in [0.1, 0.15) is 18.4 Å². The SMILES string of the molecule is COc1ncccc1CN1C[C@H]2C[C@@H](Oc3ccc4c(c3)OCO4)[C@H](O)C[C@H]2C1. The molecule has 1 saturated heterocycles. The van der Waals surface area contributed by atoms with Crippen molar-refractivity contribution >= 4 is 0 Å². The number of rotatable bonds is 5. The second-order valence-electron chi connectivity index (χ2n) is 8.10. The van der Waals surface area contributed by atoms with Gasteiger partial charge in [-0.25, -0.2) is 4.98 Å². The van der Waals surface area contributed by atoms with Gasteiger partial charge in [-0.2, -0.15) is 0 Å². The summed E-state index contributed by atoms with van der Waals surface area (Å²) in [5, 5.41) is 10.7. The van der Waals surface area contributed by atoms with Crippen molar-refractivity contribution in [3.05, 3.63) is 42.1 Å². The van der Waals surface area contributed by atoms with Gasteiger partial charge in [-0.3, -0.25) is 4.90 Å². The summed E-state index contributed by atoms with van der Waals surface area (Å²) in [6.45, 7) is 3.03. The minimum Gasteiger partial charge on any atom is -0.488 e. The standard InChI is InChI=1S/C22H26N2O5/c1-26-22-14(3-2-6-23-22)10-24-11-15-7-18(25)20(8-16(15)12-24)29-17-4-5-19-21(9-17)28-13-27-19/h2-6,9,15-16,18,20,25H,7-8,10-13H2,1H3/t15-,16+,18+,20+/m0/s1. The van der Waals surface area contributed by atoms with Gasteiger partial charge in [-0.1, -0.05) is 6.07 Å². The zero-order chi connectivity index (χ0) is 19.8. The van der Waals surface area contributed by atoms with E-state index in [2.05, 4.69) is 16.0 Å². The van der Waals surface area contributed by atoms with Crippen LogP contribution in [-0.4, -0.2) is 54.2 Å². The Morgan fingerprint density at radius 3 is 2.83 bits per heavy atom. The molecule has 1 aromatic heterocycles. The first-order chi connectivity index (χ1) is 14.2. The minimum absolute atomic E-state index is 0.204. The van der Waals surface area contributed by atoms with Crippen molar-refractivity contribution in [3.8, 4) is 23.1 Å². The van der Waals surface area contributed by atoms with E-state index in [0.717, 1.165) is 43.8 Å². The van der Waals surface area contributed by atoms with Crippen molar-refractivity contribution in [3.63, 3.8) is 0 Å². The number of fused-ring (bicyclic) bond motifs is 2. The summed E-state index contributed by atoms with van der Waals surface area (Å²) in [6, 6.07) is 9.58. The van der Waals surface area contributed by atoms with Crippen molar-refractivity contribution in [1.82, 2.24) is 9.88 Å². The molecule has 4 atom stereocenters. The van der Waals surface area contributed by atoms with Crippen LogP contribution in [0.3, 0.4) is 0 Å². The summed E-state index contributed by atoms with van der Waals surface area (Å²) < 4.78 is 22.3. The van der Waals surface area contributed by atoms with Gasteiger partial charge in [0, 0.05) is 37.5 Å². The number of aromatic nitrogens is 1. The Labute approximate surface area is 170 Å². The van der Waals surface area contributed by atoms with E-state index in [-0.39, 0.29) is 12.9 Å². The molecule has 0 unspecified atom stereocenters. The molecule has 29 heavy (non-hydrogen) atoms. The first-order valence-electron chi connectivity index (χ1n) is 10.1. The van der Waals surface area contributed by atoms with E-state index in [0.29, 0.717) is 29.2 Å². The molecule has 2 aliphatic heterocycles. The molecule has 154 valence electrons. The van der Waals surface area contributed by atoms with Crippen molar-refractivity contribution in [2.24, 2.45) is 11.8 Å². The zero-order valence-electron chi connectivity index (χ0n) is 16.5. The van der Waals surface area contributed by atoms with E-state index in [1.165, 1.54) is 0 Å². The molecule has 0 bridgehead atoms. The Morgan fingerprint density at radius 1 is 1.14 bits per heavy atom. The summed E-state index contributed by atoms with van der Waals surface area (Å²) >= 11 is 0. The third-order valence-corrected chi connectivity index (χ3v) is 6.23. The Kier molecular flexibility index (Phi) is 4.93. The number of pyridine rings is 1. The second kappa shape index (κ2) is 7.72. The van der Waals surface area contributed by atoms with Gasteiger partial charge in [-0.15, -0.1) is 0 Å². The van der Waals surface area contributed by atoms with Gasteiger partial charge in [0.1, 0.15) is 11.9 Å². The summed E-state index contributed by atoms with van der Waals surface area (Å²) in [5.74, 6) is 3.84. The summed E-state index contributed by atoms with van der Waals surface area (Å²) in [5.41, 5.74) is 1.10. The number of nitrogens with zero attached hydrogens (tertiary/aromatic N) is 2. The number of likely N-dealkylation sites (tertiary alicyclic amines) is 1. The fourth-order valence-electron chi connectivity index (χ4n) is 4.84. The highest BCUT2D eigenvalue weighted by atomic mass is 16.7. The van der Waals surface area contributed by atoms with Crippen LogP contribution in [0.15, 0.2) is 36.5 Å². The average Bonchev–Trinajstić information content (AvgIpc) is 3.34. The Morgan fingerprint density at radius 2 is 1.97 bits per heavy atom. The molecule has 1 aromatic carbocycles. The van der Waals surface area contributed by atoms with Gasteiger partial charge < -0.3 is 24.1 Å². The van der Waals surface area contributed by atoms with Crippen molar-refractivity contribution in [2.75, 3.05) is 27.0 Å². The quantitative estimate of drug-likeness (QED) is 0.829. The Balaban J connectivity index is 1.23. The molecule has 1 saturated carbocycles. The summed E-state index contributed by atoms with van der Waals surface area (Å²) in [7, 11) is 1.66. The largest absolute Gasteiger partial charge is 0.488 e. The maximum Gasteiger partial charge on any atom is 0.231 e. The number of hydrogen-bond acceptors (Lipinski definition) is 7. The summed E-state index contributed by atoms with van der Waals surface area (Å²) in [4.78, 5) is 6.73. The third kappa shape index (κ3) is 3.72. The zero-order valence-corrected chi connectivity index (χ0v) is 16.5. The van der Waals surface area contributed by atoms with Crippen molar-refractivity contribution in [1.29, 1.82) is 0 Å². The molecule has 1 N–H and O–H groups in total. The predicted molar refractivity (Wildman–Crippen MR) is 105 cm³/mol. The lowest BCUT2D eigenvalue weighted by Crippen LogP contribution is -2.42. The highest BCUT2D eigenvalue weighted by Gasteiger charge is 2.42. The van der Waals surface area contributed by atoms with Crippen LogP contribution in [0.4, 0.5) is 0 Å². The highest BCUT2D eigenvalue weighted by Crippen LogP contribution is 2.40. The average molecular weight is 398 g/mol. The number of ether oxygens (including phenoxy) is 4. The molecule has 2 fully saturated rings.